The largest absolute Gasteiger partial charge is 0.349 e. The van der Waals surface area contributed by atoms with Crippen molar-refractivity contribution >= 4 is 16.1 Å². The normalized spacial score (nSPS) is 29.3. The van der Waals surface area contributed by atoms with Gasteiger partial charge in [0.15, 0.2) is 0 Å². The number of carbonyl (C=O) groups excluding carboxylic acids is 1. The number of carbonyl (C=O) groups is 1. The van der Waals surface area contributed by atoms with E-state index in [2.05, 4.69) is 15.0 Å². The number of halogens is 2. The maximum absolute atomic E-state index is 13.8. The zero-order chi connectivity index (χ0) is 23.4. The number of allylic oxidation sites excluding steroid dienone is 1. The molecule has 4 aliphatic rings. The molecule has 0 bridgehead atoms. The highest BCUT2D eigenvalue weighted by molar-refractivity contribution is 7.87. The quantitative estimate of drug-likeness (QED) is 0.634. The van der Waals surface area contributed by atoms with Crippen molar-refractivity contribution in [2.24, 2.45) is 5.92 Å². The first-order chi connectivity index (χ1) is 15.7. The average molecular weight is 478 g/mol. The minimum atomic E-state index is -3.73. The Labute approximate surface area is 191 Å². The minimum Gasteiger partial charge on any atom is -0.349 e. The van der Waals surface area contributed by atoms with Crippen molar-refractivity contribution in [3.63, 3.8) is 0 Å². The van der Waals surface area contributed by atoms with Crippen molar-refractivity contribution in [2.75, 3.05) is 13.6 Å². The molecule has 2 aliphatic carbocycles. The van der Waals surface area contributed by atoms with Gasteiger partial charge in [0, 0.05) is 44.4 Å². The van der Waals surface area contributed by atoms with E-state index in [9.17, 15) is 22.0 Å². The summed E-state index contributed by atoms with van der Waals surface area (Å²) in [5.41, 5.74) is 1.93. The number of aromatic nitrogens is 1. The van der Waals surface area contributed by atoms with Crippen molar-refractivity contribution in [1.29, 1.82) is 0 Å². The number of alkyl halides is 2. The second kappa shape index (κ2) is 7.82. The zero-order valence-corrected chi connectivity index (χ0v) is 18.9. The average Bonchev–Trinajstić information content (AvgIpc) is 3.31. The second-order valence-electron chi connectivity index (χ2n) is 8.90. The molecule has 8 nitrogen and oxygen atoms in total. The highest BCUT2D eigenvalue weighted by Gasteiger charge is 2.58. The van der Waals surface area contributed by atoms with Gasteiger partial charge in [0.25, 0.3) is 11.8 Å². The molecular weight excluding hydrogens is 452 g/mol. The summed E-state index contributed by atoms with van der Waals surface area (Å²) in [5, 5.41) is 3.02. The van der Waals surface area contributed by atoms with Gasteiger partial charge in [-0.15, -0.1) is 0 Å². The lowest BCUT2D eigenvalue weighted by Gasteiger charge is -2.39. The molecule has 11 heteroatoms. The van der Waals surface area contributed by atoms with Crippen LogP contribution in [-0.4, -0.2) is 60.1 Å². The fourth-order valence-electron chi connectivity index (χ4n) is 4.65. The smallest absolute Gasteiger partial charge is 0.325 e. The van der Waals surface area contributed by atoms with E-state index < -0.39 is 22.0 Å². The molecule has 0 radical (unpaired) electrons. The van der Waals surface area contributed by atoms with Crippen LogP contribution in [0, 0.1) is 5.92 Å². The van der Waals surface area contributed by atoms with Crippen LogP contribution in [-0.2, 0) is 10.2 Å². The zero-order valence-electron chi connectivity index (χ0n) is 18.0. The number of amides is 1. The van der Waals surface area contributed by atoms with Crippen LogP contribution in [0.2, 0.25) is 0 Å². The van der Waals surface area contributed by atoms with Crippen LogP contribution >= 0.6 is 0 Å². The highest BCUT2D eigenvalue weighted by Crippen LogP contribution is 2.50. The lowest BCUT2D eigenvalue weighted by Crippen LogP contribution is -2.44. The lowest BCUT2D eigenvalue weighted by molar-refractivity contribution is 0.0870. The number of hydrogen-bond donors (Lipinski definition) is 2. The fourth-order valence-corrected chi connectivity index (χ4v) is 5.66. The molecule has 33 heavy (non-hydrogen) atoms. The molecule has 3 atom stereocenters. The van der Waals surface area contributed by atoms with E-state index in [1.165, 1.54) is 13.2 Å². The number of nitrogens with one attached hydrogen (secondary N) is 2. The van der Waals surface area contributed by atoms with Gasteiger partial charge >= 0.3 is 10.2 Å². The molecule has 1 aromatic heterocycles. The lowest BCUT2D eigenvalue weighted by atomic mass is 9.88. The Hall–Kier alpha value is -2.95. The molecule has 0 aromatic carbocycles. The van der Waals surface area contributed by atoms with E-state index in [0.29, 0.717) is 36.3 Å². The predicted molar refractivity (Wildman–Crippen MR) is 117 cm³/mol. The summed E-state index contributed by atoms with van der Waals surface area (Å²) in [6, 6.07) is 3.06. The third kappa shape index (κ3) is 4.09. The van der Waals surface area contributed by atoms with Crippen LogP contribution in [0.4, 0.5) is 8.78 Å². The van der Waals surface area contributed by atoms with Gasteiger partial charge in [-0.25, -0.2) is 13.1 Å². The van der Waals surface area contributed by atoms with E-state index in [1.807, 2.05) is 12.2 Å². The number of hydrogen-bond acceptors (Lipinski definition) is 5. The van der Waals surface area contributed by atoms with Crippen LogP contribution in [0.3, 0.4) is 0 Å². The predicted octanol–water partition coefficient (Wildman–Crippen LogP) is 2.13. The van der Waals surface area contributed by atoms with Crippen LogP contribution < -0.4 is 10.0 Å². The Morgan fingerprint density at radius 3 is 2.82 bits per heavy atom. The van der Waals surface area contributed by atoms with Crippen molar-refractivity contribution in [3.05, 3.63) is 65.4 Å². The third-order valence-electron chi connectivity index (χ3n) is 6.65. The SMILES string of the molecule is CN1C2=C(C=CC(C3=CCC(NC(=O)c4cccnc4)CC3)N2CC2CC2(F)F)NS1(=O)=O. The van der Waals surface area contributed by atoms with Crippen LogP contribution in [0.25, 0.3) is 0 Å². The number of rotatable bonds is 5. The summed E-state index contributed by atoms with van der Waals surface area (Å²) in [5.74, 6) is -3.29. The first-order valence-electron chi connectivity index (χ1n) is 10.9. The summed E-state index contributed by atoms with van der Waals surface area (Å²) in [6.07, 6.45) is 10.5. The van der Waals surface area contributed by atoms with Gasteiger partial charge in [-0.3, -0.25) is 14.5 Å². The Kier molecular flexibility index (Phi) is 5.19. The van der Waals surface area contributed by atoms with Crippen LogP contribution in [0.1, 0.15) is 36.0 Å². The summed E-state index contributed by atoms with van der Waals surface area (Å²) in [4.78, 5) is 18.2. The summed E-state index contributed by atoms with van der Waals surface area (Å²) < 4.78 is 55.8. The van der Waals surface area contributed by atoms with Gasteiger partial charge in [-0.1, -0.05) is 12.2 Å². The van der Waals surface area contributed by atoms with Gasteiger partial charge in [-0.2, -0.15) is 8.42 Å². The van der Waals surface area contributed by atoms with E-state index in [4.69, 9.17) is 0 Å². The summed E-state index contributed by atoms with van der Waals surface area (Å²) >= 11 is 0. The molecule has 2 N–H and O–H groups in total. The molecule has 176 valence electrons. The Bertz CT molecular complexity index is 1170. The van der Waals surface area contributed by atoms with Crippen LogP contribution in [0.5, 0.6) is 0 Å². The van der Waals surface area contributed by atoms with E-state index in [-0.39, 0.29) is 31.0 Å². The maximum Gasteiger partial charge on any atom is 0.325 e. The van der Waals surface area contributed by atoms with Crippen molar-refractivity contribution < 1.29 is 22.0 Å². The molecule has 2 aliphatic heterocycles. The third-order valence-corrected chi connectivity index (χ3v) is 8.02. The maximum atomic E-state index is 13.8. The molecule has 0 spiro atoms. The summed E-state index contributed by atoms with van der Waals surface area (Å²) in [6.45, 7) is 0.0703. The summed E-state index contributed by atoms with van der Waals surface area (Å²) in [7, 11) is -2.30. The van der Waals surface area contributed by atoms with Crippen molar-refractivity contribution in [2.45, 2.75) is 43.7 Å². The molecule has 1 amide bonds. The van der Waals surface area contributed by atoms with Crippen LogP contribution in [0.15, 0.2) is 59.8 Å². The van der Waals surface area contributed by atoms with Gasteiger partial charge in [0.1, 0.15) is 5.82 Å². The Morgan fingerprint density at radius 1 is 1.39 bits per heavy atom. The Balaban J connectivity index is 1.33. The van der Waals surface area contributed by atoms with Gasteiger partial charge in [0.2, 0.25) is 0 Å². The fraction of sp³-hybridized carbons (Fsp3) is 0.455. The first kappa shape index (κ1) is 21.9. The Morgan fingerprint density at radius 2 is 2.18 bits per heavy atom. The van der Waals surface area contributed by atoms with Gasteiger partial charge in [0.05, 0.1) is 17.3 Å². The molecule has 1 fully saturated rings. The second-order valence-corrected chi connectivity index (χ2v) is 10.6. The van der Waals surface area contributed by atoms with Gasteiger partial charge < -0.3 is 10.2 Å². The molecule has 3 heterocycles. The topological polar surface area (TPSA) is 94.6 Å². The van der Waals surface area contributed by atoms with E-state index in [0.717, 1.165) is 9.88 Å². The molecular formula is C22H25F2N5O3S. The van der Waals surface area contributed by atoms with E-state index in [1.54, 1.807) is 29.3 Å². The van der Waals surface area contributed by atoms with E-state index >= 15 is 0 Å². The number of pyridine rings is 1. The van der Waals surface area contributed by atoms with Crippen molar-refractivity contribution in [3.8, 4) is 0 Å². The standard InChI is InChI=1S/C22H25F2N5O3S/c1-28-21-18(27-33(28,31)32)8-9-19(29(21)13-16-11-22(16,23)24)14-4-6-17(7-5-14)26-20(30)15-3-2-10-25-12-15/h2-4,8-10,12,16-17,19,27H,5-7,11,13H2,1H3,(H,26,30). The molecule has 5 rings (SSSR count). The highest BCUT2D eigenvalue weighted by atomic mass is 32.2. The molecule has 3 unspecified atom stereocenters. The molecule has 1 saturated carbocycles. The monoisotopic (exact) mass is 477 g/mol. The molecule has 0 saturated heterocycles. The minimum absolute atomic E-state index is 0.0405. The molecule has 1 aromatic rings. The van der Waals surface area contributed by atoms with Crippen molar-refractivity contribution in [1.82, 2.24) is 24.2 Å². The number of nitrogens with zero attached hydrogens (tertiary/aromatic N) is 3. The van der Waals surface area contributed by atoms with Gasteiger partial charge in [-0.05, 0) is 43.0 Å². The first-order valence-corrected chi connectivity index (χ1v) is 12.3.